The van der Waals surface area contributed by atoms with Crippen molar-refractivity contribution in [1.29, 1.82) is 0 Å². The highest BCUT2D eigenvalue weighted by Crippen LogP contribution is 2.02. The molecule has 0 aliphatic carbocycles. The highest BCUT2D eigenvalue weighted by atomic mass is 16.5. The minimum Gasteiger partial charge on any atom is -0.466 e. The van der Waals surface area contributed by atoms with Crippen molar-refractivity contribution in [3.63, 3.8) is 0 Å². The van der Waals surface area contributed by atoms with Gasteiger partial charge in [0.25, 0.3) is 0 Å². The lowest BCUT2D eigenvalue weighted by atomic mass is 10.2. The molecule has 0 aliphatic rings. The second-order valence-corrected chi connectivity index (χ2v) is 4.05. The third-order valence-electron chi connectivity index (χ3n) is 2.67. The Morgan fingerprint density at radius 3 is 2.94 bits per heavy atom. The summed E-state index contributed by atoms with van der Waals surface area (Å²) >= 11 is 0. The monoisotopic (exact) mass is 251 g/mol. The molecule has 0 bridgehead atoms. The van der Waals surface area contributed by atoms with Gasteiger partial charge in [-0.2, -0.15) is 5.10 Å². The quantitative estimate of drug-likeness (QED) is 0.447. The van der Waals surface area contributed by atoms with Gasteiger partial charge in [0.1, 0.15) is 0 Å². The fraction of sp³-hybridized carbons (Fsp3) is 0.538. The van der Waals surface area contributed by atoms with E-state index < -0.39 is 0 Å². The minimum atomic E-state index is -0.244. The van der Waals surface area contributed by atoms with Crippen LogP contribution in [0.15, 0.2) is 24.0 Å². The van der Waals surface area contributed by atoms with E-state index in [0.717, 1.165) is 13.0 Å². The molecule has 0 unspecified atom stereocenters. The van der Waals surface area contributed by atoms with E-state index in [-0.39, 0.29) is 5.97 Å². The average Bonchev–Trinajstić information content (AvgIpc) is 2.78. The van der Waals surface area contributed by atoms with Crippen LogP contribution >= 0.6 is 0 Å². The normalized spacial score (nSPS) is 11.6. The molecule has 1 N–H and O–H groups in total. The lowest BCUT2D eigenvalue weighted by molar-refractivity contribution is -0.136. The second kappa shape index (κ2) is 7.66. The molecule has 5 heteroatoms. The molecule has 0 atom stereocenters. The van der Waals surface area contributed by atoms with Crippen LogP contribution < -0.4 is 5.32 Å². The summed E-state index contributed by atoms with van der Waals surface area (Å²) in [6.45, 7) is 3.48. The first kappa shape index (κ1) is 14.4. The van der Waals surface area contributed by atoms with E-state index in [1.165, 1.54) is 12.7 Å². The number of hydrogen-bond acceptors (Lipinski definition) is 4. The van der Waals surface area contributed by atoms with Crippen LogP contribution in [0.5, 0.6) is 0 Å². The highest BCUT2D eigenvalue weighted by molar-refractivity contribution is 5.88. The maximum absolute atomic E-state index is 11.3. The SMILES string of the molecule is CCC(=CCNCCc1cnn(C)c1)C(=O)OC. The van der Waals surface area contributed by atoms with Crippen LogP contribution in [-0.2, 0) is 23.0 Å². The number of nitrogens with zero attached hydrogens (tertiary/aromatic N) is 2. The van der Waals surface area contributed by atoms with Crippen molar-refractivity contribution >= 4 is 5.97 Å². The number of methoxy groups -OCH3 is 1. The van der Waals surface area contributed by atoms with Gasteiger partial charge in [0.05, 0.1) is 13.3 Å². The Labute approximate surface area is 108 Å². The van der Waals surface area contributed by atoms with E-state index in [0.29, 0.717) is 18.5 Å². The van der Waals surface area contributed by atoms with Gasteiger partial charge in [-0.3, -0.25) is 4.68 Å². The molecule has 0 amide bonds. The van der Waals surface area contributed by atoms with Crippen molar-refractivity contribution in [3.05, 3.63) is 29.6 Å². The van der Waals surface area contributed by atoms with Crippen LogP contribution in [0.4, 0.5) is 0 Å². The fourth-order valence-corrected chi connectivity index (χ4v) is 1.63. The maximum atomic E-state index is 11.3. The Bertz CT molecular complexity index is 410. The molecule has 0 aliphatic heterocycles. The summed E-state index contributed by atoms with van der Waals surface area (Å²) in [5, 5.41) is 7.37. The van der Waals surface area contributed by atoms with Gasteiger partial charge in [-0.05, 0) is 24.9 Å². The van der Waals surface area contributed by atoms with Gasteiger partial charge in [0, 0.05) is 25.4 Å². The minimum absolute atomic E-state index is 0.244. The summed E-state index contributed by atoms with van der Waals surface area (Å²) in [6, 6.07) is 0. The molecule has 18 heavy (non-hydrogen) atoms. The zero-order valence-corrected chi connectivity index (χ0v) is 11.3. The van der Waals surface area contributed by atoms with Crippen molar-refractivity contribution in [2.75, 3.05) is 20.2 Å². The number of carbonyl (C=O) groups excluding carboxylic acids is 1. The molecular weight excluding hydrogens is 230 g/mol. The molecule has 100 valence electrons. The number of carbonyl (C=O) groups is 1. The number of esters is 1. The summed E-state index contributed by atoms with van der Waals surface area (Å²) in [4.78, 5) is 11.3. The van der Waals surface area contributed by atoms with Gasteiger partial charge in [-0.15, -0.1) is 0 Å². The lowest BCUT2D eigenvalue weighted by Crippen LogP contribution is -2.18. The summed E-state index contributed by atoms with van der Waals surface area (Å²) in [6.07, 6.45) is 7.38. The van der Waals surface area contributed by atoms with Gasteiger partial charge in [0.2, 0.25) is 0 Å². The summed E-state index contributed by atoms with van der Waals surface area (Å²) in [7, 11) is 3.31. The van der Waals surface area contributed by atoms with E-state index in [9.17, 15) is 4.79 Å². The van der Waals surface area contributed by atoms with Crippen molar-refractivity contribution in [2.24, 2.45) is 7.05 Å². The lowest BCUT2D eigenvalue weighted by Gasteiger charge is -2.03. The first-order valence-electron chi connectivity index (χ1n) is 6.13. The van der Waals surface area contributed by atoms with Crippen LogP contribution in [0.1, 0.15) is 18.9 Å². The largest absolute Gasteiger partial charge is 0.466 e. The maximum Gasteiger partial charge on any atom is 0.333 e. The van der Waals surface area contributed by atoms with Crippen molar-refractivity contribution in [3.8, 4) is 0 Å². The van der Waals surface area contributed by atoms with Crippen LogP contribution in [0.25, 0.3) is 0 Å². The Morgan fingerprint density at radius 1 is 1.61 bits per heavy atom. The number of nitrogens with one attached hydrogen (secondary N) is 1. The smallest absolute Gasteiger partial charge is 0.333 e. The summed E-state index contributed by atoms with van der Waals surface area (Å²) < 4.78 is 6.48. The van der Waals surface area contributed by atoms with Crippen molar-refractivity contribution < 1.29 is 9.53 Å². The topological polar surface area (TPSA) is 56.2 Å². The average molecular weight is 251 g/mol. The van der Waals surface area contributed by atoms with E-state index in [1.54, 1.807) is 4.68 Å². The van der Waals surface area contributed by atoms with E-state index >= 15 is 0 Å². The third kappa shape index (κ3) is 4.71. The van der Waals surface area contributed by atoms with Crippen LogP contribution in [0.3, 0.4) is 0 Å². The van der Waals surface area contributed by atoms with Gasteiger partial charge < -0.3 is 10.1 Å². The first-order valence-corrected chi connectivity index (χ1v) is 6.13. The molecular formula is C13H21N3O2. The number of aromatic nitrogens is 2. The Morgan fingerprint density at radius 2 is 2.39 bits per heavy atom. The van der Waals surface area contributed by atoms with Gasteiger partial charge >= 0.3 is 5.97 Å². The molecule has 1 aromatic heterocycles. The van der Waals surface area contributed by atoms with Crippen molar-refractivity contribution in [2.45, 2.75) is 19.8 Å². The molecule has 5 nitrogen and oxygen atoms in total. The number of ether oxygens (including phenoxy) is 1. The van der Waals surface area contributed by atoms with Gasteiger partial charge in [0.15, 0.2) is 0 Å². The van der Waals surface area contributed by atoms with Gasteiger partial charge in [-0.1, -0.05) is 13.0 Å². The van der Waals surface area contributed by atoms with Gasteiger partial charge in [-0.25, -0.2) is 4.79 Å². The van der Waals surface area contributed by atoms with E-state index in [2.05, 4.69) is 15.2 Å². The fourth-order valence-electron chi connectivity index (χ4n) is 1.63. The van der Waals surface area contributed by atoms with E-state index in [4.69, 9.17) is 0 Å². The summed E-state index contributed by atoms with van der Waals surface area (Å²) in [5.74, 6) is -0.244. The molecule has 0 saturated heterocycles. The second-order valence-electron chi connectivity index (χ2n) is 4.05. The molecule has 0 spiro atoms. The van der Waals surface area contributed by atoms with Crippen LogP contribution in [0, 0.1) is 0 Å². The van der Waals surface area contributed by atoms with E-state index in [1.807, 2.05) is 32.4 Å². The number of hydrogen-bond donors (Lipinski definition) is 1. The Kier molecular flexibility index (Phi) is 6.14. The van der Waals surface area contributed by atoms with Crippen LogP contribution in [0.2, 0.25) is 0 Å². The van der Waals surface area contributed by atoms with Crippen LogP contribution in [-0.4, -0.2) is 35.9 Å². The molecule has 0 saturated carbocycles. The molecule has 1 aromatic rings. The van der Waals surface area contributed by atoms with Crippen molar-refractivity contribution in [1.82, 2.24) is 15.1 Å². The number of aryl methyl sites for hydroxylation is 1. The third-order valence-corrected chi connectivity index (χ3v) is 2.67. The molecule has 0 fully saturated rings. The molecule has 1 rings (SSSR count). The summed E-state index contributed by atoms with van der Waals surface area (Å²) in [5.41, 5.74) is 1.92. The predicted octanol–water partition coefficient (Wildman–Crippen LogP) is 1.06. The number of rotatable bonds is 7. The Hall–Kier alpha value is -1.62. The first-order chi connectivity index (χ1) is 8.67. The highest BCUT2D eigenvalue weighted by Gasteiger charge is 2.05. The molecule has 1 heterocycles. The zero-order valence-electron chi connectivity index (χ0n) is 11.3. The standard InChI is InChI=1S/C13H21N3O2/c1-4-12(13(17)18-3)6-8-14-7-5-11-9-15-16(2)10-11/h6,9-10,14H,4-5,7-8H2,1-3H3. The predicted molar refractivity (Wildman–Crippen MR) is 70.2 cm³/mol. The zero-order chi connectivity index (χ0) is 13.4. The molecule has 0 aromatic carbocycles. The molecule has 0 radical (unpaired) electrons. The Balaban J connectivity index is 2.25.